The van der Waals surface area contributed by atoms with Crippen molar-refractivity contribution in [2.75, 3.05) is 39.9 Å². The number of aromatic nitrogens is 3. The quantitative estimate of drug-likeness (QED) is 0.0887. The van der Waals surface area contributed by atoms with E-state index in [0.29, 0.717) is 27.9 Å². The second kappa shape index (κ2) is 11.0. The summed E-state index contributed by atoms with van der Waals surface area (Å²) >= 11 is 0. The van der Waals surface area contributed by atoms with E-state index >= 15 is 0 Å². The van der Waals surface area contributed by atoms with Crippen LogP contribution < -0.4 is 38.8 Å². The van der Waals surface area contributed by atoms with Crippen LogP contribution in [0.25, 0.3) is 44.5 Å². The van der Waals surface area contributed by atoms with Gasteiger partial charge in [-0.1, -0.05) is 11.3 Å². The SMILES string of the molecule is CC(=O)OCOC(=O)c1c(-c2c3ccc(=[N+](C)C)cc-3oc3cc(N(C)C)ccc23)ccc2c1nnn2C.[I-]. The van der Waals surface area contributed by atoms with Crippen molar-refractivity contribution in [3.05, 3.63) is 59.5 Å². The average Bonchev–Trinajstić information content (AvgIpc) is 3.26. The van der Waals surface area contributed by atoms with Crippen LogP contribution >= 0.6 is 0 Å². The molecular weight excluding hydrogens is 613 g/mol. The lowest BCUT2D eigenvalue weighted by atomic mass is 9.90. The summed E-state index contributed by atoms with van der Waals surface area (Å²) in [6.07, 6.45) is 0. The lowest BCUT2D eigenvalue weighted by molar-refractivity contribution is -0.149. The number of fused-ring (bicyclic) bond motifs is 3. The van der Waals surface area contributed by atoms with Crippen molar-refractivity contribution < 1.29 is 47.5 Å². The zero-order valence-corrected chi connectivity index (χ0v) is 24.6. The molecule has 0 unspecified atom stereocenters. The molecule has 2 aliphatic rings. The standard InChI is InChI=1S/C28H28N5O5.HI/c1-16(34)36-15-37-28(35)26-21(11-12-22-27(26)29-30-33(22)6)25-19-9-7-17(31(2)3)13-23(19)38-24-14-18(32(4)5)8-10-20(24)25;/h7-14H,15H2,1-6H3;1H/q+1;/p-1. The Balaban J connectivity index is 0.00000353. The van der Waals surface area contributed by atoms with Gasteiger partial charge in [0.1, 0.15) is 31.0 Å². The van der Waals surface area contributed by atoms with Crippen LogP contribution in [0.3, 0.4) is 0 Å². The number of ether oxygens (including phenoxy) is 2. The largest absolute Gasteiger partial charge is 1.00 e. The van der Waals surface area contributed by atoms with Gasteiger partial charge in [-0.25, -0.2) is 14.1 Å². The Morgan fingerprint density at radius 3 is 2.46 bits per heavy atom. The van der Waals surface area contributed by atoms with Crippen molar-refractivity contribution in [2.24, 2.45) is 7.05 Å². The number of carbonyl (C=O) groups is 2. The molecule has 0 amide bonds. The predicted octanol–water partition coefficient (Wildman–Crippen LogP) is 0.266. The Morgan fingerprint density at radius 1 is 1.03 bits per heavy atom. The summed E-state index contributed by atoms with van der Waals surface area (Å²) in [4.78, 5) is 26.7. The normalized spacial score (nSPS) is 10.9. The Kier molecular flexibility index (Phi) is 7.91. The minimum Gasteiger partial charge on any atom is -1.00 e. The van der Waals surface area contributed by atoms with E-state index in [4.69, 9.17) is 13.9 Å². The summed E-state index contributed by atoms with van der Waals surface area (Å²) in [6, 6.07) is 15.6. The summed E-state index contributed by atoms with van der Waals surface area (Å²) in [5.41, 5.74) is 5.12. The number of esters is 2. The van der Waals surface area contributed by atoms with Gasteiger partial charge in [0.25, 0.3) is 0 Å². The van der Waals surface area contributed by atoms with Crippen LogP contribution in [0.5, 0.6) is 0 Å². The molecule has 39 heavy (non-hydrogen) atoms. The first-order valence-electron chi connectivity index (χ1n) is 12.0. The molecule has 1 aromatic heterocycles. The molecule has 10 nitrogen and oxygen atoms in total. The zero-order chi connectivity index (χ0) is 27.1. The molecule has 0 N–H and O–H groups in total. The monoisotopic (exact) mass is 641 g/mol. The highest BCUT2D eigenvalue weighted by molar-refractivity contribution is 6.13. The molecule has 0 bridgehead atoms. The Labute approximate surface area is 241 Å². The lowest BCUT2D eigenvalue weighted by Gasteiger charge is -2.19. The lowest BCUT2D eigenvalue weighted by Crippen LogP contribution is -3.00. The number of anilines is 1. The van der Waals surface area contributed by atoms with Crippen LogP contribution in [-0.4, -0.2) is 61.9 Å². The van der Waals surface area contributed by atoms with Crippen molar-refractivity contribution in [1.82, 2.24) is 19.6 Å². The molecule has 1 aliphatic carbocycles. The number of benzene rings is 3. The van der Waals surface area contributed by atoms with Gasteiger partial charge in [-0.3, -0.25) is 4.79 Å². The van der Waals surface area contributed by atoms with E-state index in [1.165, 1.54) is 6.92 Å². The average molecular weight is 641 g/mol. The van der Waals surface area contributed by atoms with Crippen molar-refractivity contribution in [1.29, 1.82) is 0 Å². The molecule has 0 spiro atoms. The fourth-order valence-electron chi connectivity index (χ4n) is 4.47. The Morgan fingerprint density at radius 2 is 1.77 bits per heavy atom. The summed E-state index contributed by atoms with van der Waals surface area (Å²) in [5, 5.41) is 10.2. The smallest absolute Gasteiger partial charge is 0.344 e. The van der Waals surface area contributed by atoms with Crippen LogP contribution in [-0.2, 0) is 21.3 Å². The second-order valence-corrected chi connectivity index (χ2v) is 9.38. The van der Waals surface area contributed by atoms with Crippen LogP contribution in [0.4, 0.5) is 5.69 Å². The summed E-state index contributed by atoms with van der Waals surface area (Å²) in [7, 11) is 9.61. The van der Waals surface area contributed by atoms with Gasteiger partial charge in [-0.05, 0) is 24.3 Å². The number of rotatable bonds is 5. The van der Waals surface area contributed by atoms with Crippen LogP contribution in [0.2, 0.25) is 0 Å². The summed E-state index contributed by atoms with van der Waals surface area (Å²) in [5.74, 6) is -0.567. The van der Waals surface area contributed by atoms with E-state index in [0.717, 1.165) is 27.6 Å². The van der Waals surface area contributed by atoms with Gasteiger partial charge in [-0.2, -0.15) is 0 Å². The number of hydrogen-bond donors (Lipinski definition) is 0. The molecule has 0 saturated heterocycles. The van der Waals surface area contributed by atoms with Crippen molar-refractivity contribution in [2.45, 2.75) is 6.92 Å². The Hall–Kier alpha value is -4.00. The maximum Gasteiger partial charge on any atom is 0.344 e. The summed E-state index contributed by atoms with van der Waals surface area (Å²) < 4.78 is 20.2. The molecule has 0 radical (unpaired) electrons. The van der Waals surface area contributed by atoms with E-state index < -0.39 is 18.7 Å². The molecule has 202 valence electrons. The van der Waals surface area contributed by atoms with E-state index in [-0.39, 0.29) is 29.5 Å². The zero-order valence-electron chi connectivity index (χ0n) is 22.5. The molecule has 2 aromatic carbocycles. The summed E-state index contributed by atoms with van der Waals surface area (Å²) in [6.45, 7) is 0.743. The highest BCUT2D eigenvalue weighted by atomic mass is 127. The molecule has 0 saturated carbocycles. The van der Waals surface area contributed by atoms with Gasteiger partial charge in [0.15, 0.2) is 0 Å². The van der Waals surface area contributed by atoms with Crippen LogP contribution in [0.1, 0.15) is 17.3 Å². The first kappa shape index (κ1) is 28.0. The molecule has 1 aliphatic heterocycles. The van der Waals surface area contributed by atoms with Crippen LogP contribution in [0, 0.1) is 0 Å². The Bertz CT molecular complexity index is 1770. The van der Waals surface area contributed by atoms with E-state index in [9.17, 15) is 9.59 Å². The third kappa shape index (κ3) is 5.18. The number of hydrogen-bond acceptors (Lipinski definition) is 8. The third-order valence-corrected chi connectivity index (χ3v) is 6.43. The van der Waals surface area contributed by atoms with Gasteiger partial charge in [-0.15, -0.1) is 5.10 Å². The molecule has 2 heterocycles. The molecule has 0 atom stereocenters. The van der Waals surface area contributed by atoms with Gasteiger partial charge in [0.2, 0.25) is 12.2 Å². The van der Waals surface area contributed by atoms with Gasteiger partial charge >= 0.3 is 11.9 Å². The molecule has 11 heteroatoms. The first-order chi connectivity index (χ1) is 18.2. The van der Waals surface area contributed by atoms with Gasteiger partial charge in [0, 0.05) is 68.0 Å². The number of aryl methyl sites for hydroxylation is 1. The number of halogens is 1. The van der Waals surface area contributed by atoms with E-state index in [1.54, 1.807) is 11.7 Å². The van der Waals surface area contributed by atoms with Crippen molar-refractivity contribution >= 4 is 39.6 Å². The fourth-order valence-corrected chi connectivity index (χ4v) is 4.47. The van der Waals surface area contributed by atoms with Gasteiger partial charge in [0.05, 0.1) is 17.1 Å². The maximum absolute atomic E-state index is 13.5. The second-order valence-electron chi connectivity index (χ2n) is 9.38. The minimum absolute atomic E-state index is 0. The van der Waals surface area contributed by atoms with Crippen molar-refractivity contribution in [3.63, 3.8) is 0 Å². The molecule has 3 aromatic rings. The molecule has 5 rings (SSSR count). The first-order valence-corrected chi connectivity index (χ1v) is 12.0. The van der Waals surface area contributed by atoms with E-state index in [1.807, 2.05) is 86.2 Å². The molecular formula is C28H28IN5O5. The maximum atomic E-state index is 13.5. The highest BCUT2D eigenvalue weighted by Crippen LogP contribution is 2.43. The van der Waals surface area contributed by atoms with Crippen LogP contribution in [0.15, 0.2) is 52.9 Å². The molecule has 0 fully saturated rings. The number of carbonyl (C=O) groups excluding carboxylic acids is 2. The minimum atomic E-state index is -0.677. The van der Waals surface area contributed by atoms with E-state index in [2.05, 4.69) is 10.3 Å². The van der Waals surface area contributed by atoms with Crippen molar-refractivity contribution in [3.8, 4) is 22.5 Å². The predicted molar refractivity (Wildman–Crippen MR) is 144 cm³/mol. The third-order valence-electron chi connectivity index (χ3n) is 6.43. The highest BCUT2D eigenvalue weighted by Gasteiger charge is 2.27. The number of nitrogens with zero attached hydrogens (tertiary/aromatic N) is 5. The topological polar surface area (TPSA) is 103 Å². The fraction of sp³-hybridized carbons (Fsp3) is 0.250. The van der Waals surface area contributed by atoms with Gasteiger partial charge < -0.3 is 42.8 Å².